The molecule has 1 aliphatic rings. The van der Waals surface area contributed by atoms with E-state index in [2.05, 4.69) is 19.1 Å². The van der Waals surface area contributed by atoms with Gasteiger partial charge in [-0.1, -0.05) is 30.3 Å². The molecule has 0 spiro atoms. The number of hydrogen-bond donors (Lipinski definition) is 0. The molecule has 1 saturated heterocycles. The van der Waals surface area contributed by atoms with E-state index in [1.165, 1.54) is 5.56 Å². The van der Waals surface area contributed by atoms with Gasteiger partial charge < -0.3 is 9.47 Å². The summed E-state index contributed by atoms with van der Waals surface area (Å²) in [7, 11) is 0. The molecule has 0 bridgehead atoms. The quantitative estimate of drug-likeness (QED) is 0.527. The molecule has 0 unspecified atom stereocenters. The van der Waals surface area contributed by atoms with Crippen molar-refractivity contribution in [3.8, 4) is 0 Å². The Morgan fingerprint density at radius 1 is 1.27 bits per heavy atom. The lowest BCUT2D eigenvalue weighted by Gasteiger charge is -2.03. The highest BCUT2D eigenvalue weighted by molar-refractivity contribution is 5.13. The van der Waals surface area contributed by atoms with Crippen molar-refractivity contribution in [2.45, 2.75) is 38.6 Å². The molecule has 2 atom stereocenters. The van der Waals surface area contributed by atoms with Gasteiger partial charge in [0.25, 0.3) is 0 Å². The van der Waals surface area contributed by atoms with Crippen LogP contribution in [0, 0.1) is 0 Å². The van der Waals surface area contributed by atoms with Crippen molar-refractivity contribution in [1.29, 1.82) is 0 Å². The van der Waals surface area contributed by atoms with E-state index in [1.54, 1.807) is 0 Å². The van der Waals surface area contributed by atoms with E-state index in [1.807, 2.05) is 18.2 Å². The average Bonchev–Trinajstić information content (AvgIpc) is 2.96. The standard InChI is InChI=1S/C13H18O2/c1-11-13(15-11)8-5-9-14-10-12-6-3-2-4-7-12/h2-4,6-7,11,13H,5,8-10H2,1H3/t11-,13-/m1/s1. The van der Waals surface area contributed by atoms with Crippen LogP contribution in [0.3, 0.4) is 0 Å². The van der Waals surface area contributed by atoms with Crippen LogP contribution in [0.4, 0.5) is 0 Å². The van der Waals surface area contributed by atoms with Gasteiger partial charge in [-0.05, 0) is 25.3 Å². The first-order chi connectivity index (χ1) is 7.36. The van der Waals surface area contributed by atoms with Gasteiger partial charge in [0.2, 0.25) is 0 Å². The summed E-state index contributed by atoms with van der Waals surface area (Å²) >= 11 is 0. The largest absolute Gasteiger partial charge is 0.377 e. The summed E-state index contributed by atoms with van der Waals surface area (Å²) in [5.74, 6) is 0. The molecule has 0 radical (unpaired) electrons. The number of epoxide rings is 1. The highest BCUT2D eigenvalue weighted by Crippen LogP contribution is 2.25. The maximum absolute atomic E-state index is 5.58. The Morgan fingerprint density at radius 3 is 2.67 bits per heavy atom. The van der Waals surface area contributed by atoms with Crippen LogP contribution < -0.4 is 0 Å². The Kier molecular flexibility index (Phi) is 3.75. The Morgan fingerprint density at radius 2 is 2.00 bits per heavy atom. The second-order valence-corrected chi connectivity index (χ2v) is 4.06. The summed E-state index contributed by atoms with van der Waals surface area (Å²) in [6.45, 7) is 3.68. The average molecular weight is 206 g/mol. The van der Waals surface area contributed by atoms with E-state index in [9.17, 15) is 0 Å². The van der Waals surface area contributed by atoms with Gasteiger partial charge in [-0.2, -0.15) is 0 Å². The molecule has 0 aliphatic carbocycles. The minimum Gasteiger partial charge on any atom is -0.377 e. The predicted molar refractivity (Wildman–Crippen MR) is 59.7 cm³/mol. The van der Waals surface area contributed by atoms with Crippen LogP contribution >= 0.6 is 0 Å². The van der Waals surface area contributed by atoms with Crippen molar-refractivity contribution in [2.24, 2.45) is 0 Å². The van der Waals surface area contributed by atoms with Crippen LogP contribution in [0.2, 0.25) is 0 Å². The van der Waals surface area contributed by atoms with E-state index in [-0.39, 0.29) is 0 Å². The topological polar surface area (TPSA) is 21.8 Å². The Bertz CT molecular complexity index is 284. The van der Waals surface area contributed by atoms with E-state index in [4.69, 9.17) is 9.47 Å². The normalized spacial score (nSPS) is 24.1. The molecular formula is C13H18O2. The van der Waals surface area contributed by atoms with Crippen molar-refractivity contribution < 1.29 is 9.47 Å². The molecule has 2 nitrogen and oxygen atoms in total. The number of hydrogen-bond acceptors (Lipinski definition) is 2. The molecule has 1 aliphatic heterocycles. The maximum atomic E-state index is 5.58. The van der Waals surface area contributed by atoms with Crippen molar-refractivity contribution in [2.75, 3.05) is 6.61 Å². The maximum Gasteiger partial charge on any atom is 0.0839 e. The van der Waals surface area contributed by atoms with Gasteiger partial charge in [0, 0.05) is 6.61 Å². The first kappa shape index (κ1) is 10.7. The Balaban J connectivity index is 1.52. The second kappa shape index (κ2) is 5.29. The molecule has 2 heteroatoms. The van der Waals surface area contributed by atoms with Crippen molar-refractivity contribution in [1.82, 2.24) is 0 Å². The smallest absolute Gasteiger partial charge is 0.0839 e. The van der Waals surface area contributed by atoms with E-state index in [0.717, 1.165) is 26.1 Å². The van der Waals surface area contributed by atoms with E-state index in [0.29, 0.717) is 12.2 Å². The molecule has 0 saturated carbocycles. The monoisotopic (exact) mass is 206 g/mol. The third kappa shape index (κ3) is 3.65. The Hall–Kier alpha value is -0.860. The van der Waals surface area contributed by atoms with Gasteiger partial charge in [0.1, 0.15) is 0 Å². The van der Waals surface area contributed by atoms with Crippen LogP contribution in [-0.4, -0.2) is 18.8 Å². The third-order valence-electron chi connectivity index (χ3n) is 2.73. The molecular weight excluding hydrogens is 188 g/mol. The molecule has 82 valence electrons. The molecule has 1 aromatic carbocycles. The van der Waals surface area contributed by atoms with Crippen LogP contribution in [-0.2, 0) is 16.1 Å². The molecule has 0 amide bonds. The molecule has 2 rings (SSSR count). The zero-order valence-electron chi connectivity index (χ0n) is 9.19. The van der Waals surface area contributed by atoms with Gasteiger partial charge in [-0.15, -0.1) is 0 Å². The fraction of sp³-hybridized carbons (Fsp3) is 0.538. The van der Waals surface area contributed by atoms with Crippen LogP contribution in [0.15, 0.2) is 30.3 Å². The third-order valence-corrected chi connectivity index (χ3v) is 2.73. The summed E-state index contributed by atoms with van der Waals surface area (Å²) in [5.41, 5.74) is 1.24. The molecule has 0 aromatic heterocycles. The van der Waals surface area contributed by atoms with Gasteiger partial charge in [0.05, 0.1) is 18.8 Å². The van der Waals surface area contributed by atoms with Gasteiger partial charge in [-0.3, -0.25) is 0 Å². The first-order valence-corrected chi connectivity index (χ1v) is 5.63. The summed E-state index contributed by atoms with van der Waals surface area (Å²) in [6, 6.07) is 10.3. The molecule has 1 aromatic rings. The number of benzene rings is 1. The van der Waals surface area contributed by atoms with Crippen LogP contribution in [0.25, 0.3) is 0 Å². The van der Waals surface area contributed by atoms with E-state index < -0.39 is 0 Å². The molecule has 15 heavy (non-hydrogen) atoms. The van der Waals surface area contributed by atoms with Crippen LogP contribution in [0.5, 0.6) is 0 Å². The highest BCUT2D eigenvalue weighted by atomic mass is 16.6. The fourth-order valence-corrected chi connectivity index (χ4v) is 1.68. The first-order valence-electron chi connectivity index (χ1n) is 5.63. The zero-order chi connectivity index (χ0) is 10.5. The number of rotatable bonds is 6. The lowest BCUT2D eigenvalue weighted by Crippen LogP contribution is -1.98. The van der Waals surface area contributed by atoms with Crippen LogP contribution in [0.1, 0.15) is 25.3 Å². The van der Waals surface area contributed by atoms with Crippen molar-refractivity contribution in [3.63, 3.8) is 0 Å². The highest BCUT2D eigenvalue weighted by Gasteiger charge is 2.32. The van der Waals surface area contributed by atoms with Gasteiger partial charge >= 0.3 is 0 Å². The summed E-state index contributed by atoms with van der Waals surface area (Å²) < 4.78 is 10.9. The fourth-order valence-electron chi connectivity index (χ4n) is 1.68. The van der Waals surface area contributed by atoms with E-state index >= 15 is 0 Å². The molecule has 1 heterocycles. The van der Waals surface area contributed by atoms with Crippen molar-refractivity contribution in [3.05, 3.63) is 35.9 Å². The number of ether oxygens (including phenoxy) is 2. The second-order valence-electron chi connectivity index (χ2n) is 4.06. The zero-order valence-corrected chi connectivity index (χ0v) is 9.19. The predicted octanol–water partition coefficient (Wildman–Crippen LogP) is 2.77. The molecule has 1 fully saturated rings. The Labute approximate surface area is 91.2 Å². The minimum atomic E-state index is 0.485. The van der Waals surface area contributed by atoms with Gasteiger partial charge in [0.15, 0.2) is 0 Å². The lowest BCUT2D eigenvalue weighted by atomic mass is 10.2. The summed E-state index contributed by atoms with van der Waals surface area (Å²) in [5, 5.41) is 0. The van der Waals surface area contributed by atoms with Gasteiger partial charge in [-0.25, -0.2) is 0 Å². The minimum absolute atomic E-state index is 0.485. The SMILES string of the molecule is C[C@H]1O[C@@H]1CCCOCc1ccccc1. The molecule has 0 N–H and O–H groups in total. The van der Waals surface area contributed by atoms with Crippen molar-refractivity contribution >= 4 is 0 Å². The lowest BCUT2D eigenvalue weighted by molar-refractivity contribution is 0.115. The summed E-state index contributed by atoms with van der Waals surface area (Å²) in [4.78, 5) is 0. The summed E-state index contributed by atoms with van der Waals surface area (Å²) in [6.07, 6.45) is 3.22.